The molecular formula is C20H21N5O2S. The first-order chi connectivity index (χ1) is 13.6. The number of nitrogens with one attached hydrogen (secondary N) is 2. The van der Waals surface area contributed by atoms with Crippen LogP contribution in [0.3, 0.4) is 0 Å². The molecule has 0 atom stereocenters. The first-order valence-corrected chi connectivity index (χ1v) is 9.85. The third kappa shape index (κ3) is 3.91. The van der Waals surface area contributed by atoms with Crippen LogP contribution in [-0.2, 0) is 24.2 Å². The molecule has 144 valence electrons. The van der Waals surface area contributed by atoms with Crippen LogP contribution in [0.15, 0.2) is 42.3 Å². The summed E-state index contributed by atoms with van der Waals surface area (Å²) in [5, 5.41) is 8.24. The zero-order valence-electron chi connectivity index (χ0n) is 15.7. The number of benzene rings is 1. The molecule has 0 aliphatic carbocycles. The van der Waals surface area contributed by atoms with Crippen molar-refractivity contribution >= 4 is 33.8 Å². The van der Waals surface area contributed by atoms with Gasteiger partial charge in [-0.1, -0.05) is 0 Å². The number of amides is 1. The van der Waals surface area contributed by atoms with Crippen LogP contribution in [0.4, 0.5) is 5.69 Å². The van der Waals surface area contributed by atoms with Crippen molar-refractivity contribution in [3.8, 4) is 5.75 Å². The van der Waals surface area contributed by atoms with Crippen LogP contribution in [0.5, 0.6) is 5.75 Å². The lowest BCUT2D eigenvalue weighted by Gasteiger charge is -2.03. The van der Waals surface area contributed by atoms with E-state index in [0.717, 1.165) is 40.9 Å². The molecule has 0 spiro atoms. The number of hydrogen-bond donors (Lipinski definition) is 2. The fraction of sp³-hybridized carbons (Fsp3) is 0.250. The monoisotopic (exact) mass is 395 g/mol. The molecule has 1 amide bonds. The smallest absolute Gasteiger partial charge is 0.228 e. The molecule has 0 saturated heterocycles. The Morgan fingerprint density at radius 2 is 2.29 bits per heavy atom. The number of hydrogen-bond acceptors (Lipinski definition) is 5. The Labute approximate surface area is 166 Å². The van der Waals surface area contributed by atoms with Crippen LogP contribution in [0, 0.1) is 6.92 Å². The van der Waals surface area contributed by atoms with E-state index in [-0.39, 0.29) is 12.3 Å². The minimum atomic E-state index is -0.0819. The van der Waals surface area contributed by atoms with Gasteiger partial charge < -0.3 is 15.0 Å². The summed E-state index contributed by atoms with van der Waals surface area (Å²) in [4.78, 5) is 21.2. The molecule has 3 aromatic heterocycles. The minimum Gasteiger partial charge on any atom is -0.497 e. The number of fused-ring (bicyclic) bond motifs is 1. The van der Waals surface area contributed by atoms with Crippen LogP contribution >= 0.6 is 11.3 Å². The molecule has 0 unspecified atom stereocenters. The highest BCUT2D eigenvalue weighted by Gasteiger charge is 2.11. The fourth-order valence-corrected chi connectivity index (χ4v) is 3.91. The Bertz CT molecular complexity index is 1110. The Balaban J connectivity index is 1.38. The van der Waals surface area contributed by atoms with Gasteiger partial charge in [0, 0.05) is 41.1 Å². The van der Waals surface area contributed by atoms with Gasteiger partial charge in [-0.2, -0.15) is 5.10 Å². The summed E-state index contributed by atoms with van der Waals surface area (Å²) in [6.45, 7) is 2.77. The SMILES string of the molecule is COc1ccc2[nH]cc(CC(=O)Nc3cnn(CCc4scnc4C)c3)c2c1. The van der Waals surface area contributed by atoms with Crippen LogP contribution in [-0.4, -0.2) is 32.8 Å². The molecule has 4 rings (SSSR count). The highest BCUT2D eigenvalue weighted by molar-refractivity contribution is 7.09. The molecule has 0 fully saturated rings. The van der Waals surface area contributed by atoms with Gasteiger partial charge in [0.1, 0.15) is 5.75 Å². The highest BCUT2D eigenvalue weighted by atomic mass is 32.1. The number of nitrogens with zero attached hydrogens (tertiary/aromatic N) is 3. The standard InChI is InChI=1S/C20H21N5O2S/c1-13-19(28-12-22-13)5-6-25-11-15(10-23-25)24-20(26)7-14-9-21-18-4-3-16(27-2)8-17(14)18/h3-4,8-12,21H,5-7H2,1-2H3,(H,24,26). The second-order valence-electron chi connectivity index (χ2n) is 6.55. The van der Waals surface area contributed by atoms with Crippen molar-refractivity contribution in [2.45, 2.75) is 26.3 Å². The molecule has 0 aliphatic heterocycles. The third-order valence-corrected chi connectivity index (χ3v) is 5.65. The number of aromatic nitrogens is 4. The predicted octanol–water partition coefficient (Wildman–Crippen LogP) is 3.56. The molecule has 7 nitrogen and oxygen atoms in total. The van der Waals surface area contributed by atoms with Gasteiger partial charge >= 0.3 is 0 Å². The lowest BCUT2D eigenvalue weighted by Crippen LogP contribution is -2.13. The summed E-state index contributed by atoms with van der Waals surface area (Å²) in [5.41, 5.74) is 5.54. The van der Waals surface area contributed by atoms with Crippen LogP contribution in [0.2, 0.25) is 0 Å². The summed E-state index contributed by atoms with van der Waals surface area (Å²) in [6, 6.07) is 5.78. The zero-order chi connectivity index (χ0) is 19.5. The minimum absolute atomic E-state index is 0.0819. The molecular weight excluding hydrogens is 374 g/mol. The second-order valence-corrected chi connectivity index (χ2v) is 7.49. The fourth-order valence-electron chi connectivity index (χ4n) is 3.14. The maximum atomic E-state index is 12.5. The average Bonchev–Trinajstić information content (AvgIpc) is 3.41. The van der Waals surface area contributed by atoms with E-state index in [4.69, 9.17) is 4.74 Å². The largest absolute Gasteiger partial charge is 0.497 e. The molecule has 8 heteroatoms. The van der Waals surface area contributed by atoms with Gasteiger partial charge in [-0.05, 0) is 30.7 Å². The van der Waals surface area contributed by atoms with Crippen molar-refractivity contribution in [3.63, 3.8) is 0 Å². The number of aromatic amines is 1. The number of carbonyl (C=O) groups is 1. The maximum Gasteiger partial charge on any atom is 0.228 e. The first-order valence-electron chi connectivity index (χ1n) is 8.97. The van der Waals surface area contributed by atoms with Gasteiger partial charge in [-0.15, -0.1) is 11.3 Å². The number of aryl methyl sites for hydroxylation is 3. The normalized spacial score (nSPS) is 11.1. The number of rotatable bonds is 7. The highest BCUT2D eigenvalue weighted by Crippen LogP contribution is 2.24. The summed E-state index contributed by atoms with van der Waals surface area (Å²) in [6.07, 6.45) is 6.55. The van der Waals surface area contributed by atoms with Crippen LogP contribution in [0.25, 0.3) is 10.9 Å². The molecule has 2 N–H and O–H groups in total. The lowest BCUT2D eigenvalue weighted by atomic mass is 10.1. The second kappa shape index (κ2) is 7.85. The lowest BCUT2D eigenvalue weighted by molar-refractivity contribution is -0.115. The van der Waals surface area contributed by atoms with E-state index in [0.29, 0.717) is 5.69 Å². The molecule has 28 heavy (non-hydrogen) atoms. The Hall–Kier alpha value is -3.13. The van der Waals surface area contributed by atoms with Crippen LogP contribution in [0.1, 0.15) is 16.1 Å². The van der Waals surface area contributed by atoms with E-state index < -0.39 is 0 Å². The molecule has 1 aromatic carbocycles. The summed E-state index contributed by atoms with van der Waals surface area (Å²) < 4.78 is 7.12. The average molecular weight is 395 g/mol. The first kappa shape index (κ1) is 18.2. The van der Waals surface area contributed by atoms with E-state index in [2.05, 4.69) is 20.4 Å². The van der Waals surface area contributed by atoms with Gasteiger partial charge in [0.15, 0.2) is 0 Å². The number of H-pyrrole nitrogens is 1. The van der Waals surface area contributed by atoms with Crippen molar-refractivity contribution in [2.75, 3.05) is 12.4 Å². The molecule has 0 aliphatic rings. The maximum absolute atomic E-state index is 12.5. The zero-order valence-corrected chi connectivity index (χ0v) is 16.5. The van der Waals surface area contributed by atoms with Gasteiger partial charge in [0.05, 0.1) is 36.6 Å². The number of thiazole rings is 1. The molecule has 0 bridgehead atoms. The predicted molar refractivity (Wildman–Crippen MR) is 110 cm³/mol. The Morgan fingerprint density at radius 3 is 3.07 bits per heavy atom. The molecule has 0 radical (unpaired) electrons. The molecule has 4 aromatic rings. The van der Waals surface area contributed by atoms with Crippen molar-refractivity contribution in [1.82, 2.24) is 19.7 Å². The van der Waals surface area contributed by atoms with E-state index >= 15 is 0 Å². The van der Waals surface area contributed by atoms with E-state index in [1.807, 2.05) is 47.7 Å². The van der Waals surface area contributed by atoms with Gasteiger partial charge in [0.2, 0.25) is 5.91 Å². The molecule has 3 heterocycles. The van der Waals surface area contributed by atoms with E-state index in [1.54, 1.807) is 24.6 Å². The van der Waals surface area contributed by atoms with E-state index in [9.17, 15) is 4.79 Å². The van der Waals surface area contributed by atoms with Gasteiger partial charge in [-0.25, -0.2) is 4.98 Å². The Kier molecular flexibility index (Phi) is 5.12. The van der Waals surface area contributed by atoms with E-state index in [1.165, 1.54) is 4.88 Å². The van der Waals surface area contributed by atoms with Crippen molar-refractivity contribution in [3.05, 3.63) is 58.4 Å². The number of anilines is 1. The topological polar surface area (TPSA) is 84.8 Å². The van der Waals surface area contributed by atoms with Gasteiger partial charge in [-0.3, -0.25) is 9.48 Å². The number of carbonyl (C=O) groups excluding carboxylic acids is 1. The van der Waals surface area contributed by atoms with Crippen molar-refractivity contribution < 1.29 is 9.53 Å². The summed E-state index contributed by atoms with van der Waals surface area (Å²) >= 11 is 1.66. The van der Waals surface area contributed by atoms with Gasteiger partial charge in [0.25, 0.3) is 0 Å². The Morgan fingerprint density at radius 1 is 1.39 bits per heavy atom. The summed E-state index contributed by atoms with van der Waals surface area (Å²) in [5.74, 6) is 0.688. The van der Waals surface area contributed by atoms with Crippen molar-refractivity contribution in [2.24, 2.45) is 0 Å². The van der Waals surface area contributed by atoms with Crippen LogP contribution < -0.4 is 10.1 Å². The number of ether oxygens (including phenoxy) is 1. The quantitative estimate of drug-likeness (QED) is 0.501. The van der Waals surface area contributed by atoms with Crippen molar-refractivity contribution in [1.29, 1.82) is 0 Å². The third-order valence-electron chi connectivity index (χ3n) is 4.66. The summed E-state index contributed by atoms with van der Waals surface area (Å²) in [7, 11) is 1.63. The molecule has 0 saturated carbocycles. The number of methoxy groups -OCH3 is 1.